The van der Waals surface area contributed by atoms with E-state index in [-0.39, 0.29) is 75.1 Å². The summed E-state index contributed by atoms with van der Waals surface area (Å²) in [6.07, 6.45) is 5.34. The smallest absolute Gasteiger partial charge is 0.409 e. The molecule has 16 heteroatoms. The van der Waals surface area contributed by atoms with Crippen molar-refractivity contribution in [1.82, 2.24) is 35.1 Å². The van der Waals surface area contributed by atoms with Gasteiger partial charge in [0, 0.05) is 51.3 Å². The number of rotatable bonds is 15. The summed E-state index contributed by atoms with van der Waals surface area (Å²) in [7, 11) is 1.24. The molecule has 2 saturated heterocycles. The number of unbranched alkanes of at least 4 members (excludes halogenated alkanes) is 1. The number of ether oxygens (including phenoxy) is 3. The number of benzene rings is 1. The van der Waals surface area contributed by atoms with Crippen molar-refractivity contribution in [2.75, 3.05) is 53.0 Å². The van der Waals surface area contributed by atoms with Crippen LogP contribution in [-0.4, -0.2) is 131 Å². The Bertz CT molecular complexity index is 1570. The van der Waals surface area contributed by atoms with Crippen molar-refractivity contribution in [2.24, 2.45) is 0 Å². The molecule has 1 saturated carbocycles. The lowest BCUT2D eigenvalue weighted by molar-refractivity contribution is -0.141. The molecule has 1 aliphatic carbocycles. The average molecular weight is 724 g/mol. The number of nitrogens with zero attached hydrogens (tertiary/aromatic N) is 5. The summed E-state index contributed by atoms with van der Waals surface area (Å²) in [6, 6.07) is 8.79. The first-order valence-electron chi connectivity index (χ1n) is 18.1. The molecule has 52 heavy (non-hydrogen) atoms. The zero-order chi connectivity index (χ0) is 37.0. The Morgan fingerprint density at radius 1 is 0.942 bits per heavy atom. The third-order valence-corrected chi connectivity index (χ3v) is 9.62. The highest BCUT2D eigenvalue weighted by Crippen LogP contribution is 2.24. The molecule has 1 aromatic heterocycles. The number of esters is 1. The highest BCUT2D eigenvalue weighted by atomic mass is 16.6. The largest absolute Gasteiger partial charge is 0.469 e. The summed E-state index contributed by atoms with van der Waals surface area (Å²) in [5, 5.41) is 10.2. The second-order valence-corrected chi connectivity index (χ2v) is 13.2. The van der Waals surface area contributed by atoms with E-state index >= 15 is 0 Å². The first kappa shape index (κ1) is 38.1. The van der Waals surface area contributed by atoms with Gasteiger partial charge in [0.2, 0.25) is 17.7 Å². The molecule has 1 aromatic carbocycles. The van der Waals surface area contributed by atoms with E-state index in [0.29, 0.717) is 31.7 Å². The Hall–Kier alpha value is -5.15. The number of hydrogen-bond acceptors (Lipinski definition) is 10. The summed E-state index contributed by atoms with van der Waals surface area (Å²) < 4.78 is 17.4. The van der Waals surface area contributed by atoms with E-state index in [0.717, 1.165) is 32.1 Å². The molecule has 0 bridgehead atoms. The Morgan fingerprint density at radius 2 is 1.67 bits per heavy atom. The van der Waals surface area contributed by atoms with Crippen LogP contribution in [-0.2, 0) is 28.7 Å². The van der Waals surface area contributed by atoms with Crippen molar-refractivity contribution >= 4 is 35.7 Å². The fourth-order valence-corrected chi connectivity index (χ4v) is 6.32. The van der Waals surface area contributed by atoms with Gasteiger partial charge in [-0.15, -0.1) is 0 Å². The van der Waals surface area contributed by atoms with E-state index in [1.165, 1.54) is 27.7 Å². The minimum absolute atomic E-state index is 0.0287. The number of likely N-dealkylation sites (tertiary alicyclic amines) is 1. The number of amides is 5. The first-order valence-corrected chi connectivity index (χ1v) is 18.1. The van der Waals surface area contributed by atoms with Crippen LogP contribution in [0.1, 0.15) is 75.2 Å². The molecule has 2 aromatic rings. The highest BCUT2D eigenvalue weighted by Gasteiger charge is 2.36. The maximum absolute atomic E-state index is 13.7. The van der Waals surface area contributed by atoms with Gasteiger partial charge in [-0.3, -0.25) is 24.0 Å². The van der Waals surface area contributed by atoms with Crippen LogP contribution in [0.2, 0.25) is 0 Å². The molecule has 3 heterocycles. The van der Waals surface area contributed by atoms with Gasteiger partial charge in [-0.05, 0) is 57.1 Å². The van der Waals surface area contributed by atoms with Crippen molar-refractivity contribution in [3.05, 3.63) is 42.1 Å². The van der Waals surface area contributed by atoms with Gasteiger partial charge in [-0.1, -0.05) is 31.5 Å². The number of methoxy groups -OCH3 is 1. The van der Waals surface area contributed by atoms with Crippen LogP contribution in [0.4, 0.5) is 4.79 Å². The van der Waals surface area contributed by atoms with Crippen molar-refractivity contribution < 1.29 is 43.0 Å². The zero-order valence-corrected chi connectivity index (χ0v) is 29.9. The van der Waals surface area contributed by atoms with Gasteiger partial charge in [-0.2, -0.15) is 5.10 Å². The van der Waals surface area contributed by atoms with Crippen LogP contribution >= 0.6 is 0 Å². The van der Waals surface area contributed by atoms with E-state index in [9.17, 15) is 28.8 Å². The molecule has 3 aliphatic rings. The predicted molar refractivity (Wildman–Crippen MR) is 186 cm³/mol. The molecular weight excluding hydrogens is 674 g/mol. The van der Waals surface area contributed by atoms with E-state index in [2.05, 4.69) is 15.7 Å². The van der Waals surface area contributed by atoms with Crippen molar-refractivity contribution in [3.63, 3.8) is 0 Å². The van der Waals surface area contributed by atoms with Crippen LogP contribution < -0.4 is 15.4 Å². The fourth-order valence-electron chi connectivity index (χ4n) is 6.32. The van der Waals surface area contributed by atoms with Crippen LogP contribution in [0.5, 0.6) is 5.88 Å². The second-order valence-electron chi connectivity index (χ2n) is 13.2. The monoisotopic (exact) mass is 723 g/mol. The van der Waals surface area contributed by atoms with E-state index in [1.54, 1.807) is 29.2 Å². The van der Waals surface area contributed by atoms with Gasteiger partial charge in [0.1, 0.15) is 12.1 Å². The Morgan fingerprint density at radius 3 is 2.35 bits per heavy atom. The van der Waals surface area contributed by atoms with Gasteiger partial charge in [0.15, 0.2) is 12.3 Å². The quantitative estimate of drug-likeness (QED) is 0.204. The molecule has 282 valence electrons. The maximum atomic E-state index is 13.7. The molecular formula is C36H49N7O9. The van der Waals surface area contributed by atoms with Gasteiger partial charge >= 0.3 is 12.1 Å². The molecule has 5 amide bonds. The van der Waals surface area contributed by atoms with Gasteiger partial charge in [0.25, 0.3) is 11.8 Å². The number of nitrogens with one attached hydrogen (secondary N) is 2. The summed E-state index contributed by atoms with van der Waals surface area (Å²) in [4.78, 5) is 82.7. The molecule has 0 radical (unpaired) electrons. The third kappa shape index (κ3) is 9.79. The minimum Gasteiger partial charge on any atom is -0.469 e. The summed E-state index contributed by atoms with van der Waals surface area (Å²) in [6.45, 7) is 3.36. The lowest BCUT2D eigenvalue weighted by atomic mass is 9.93. The van der Waals surface area contributed by atoms with E-state index < -0.39 is 36.0 Å². The molecule has 5 rings (SSSR count). The number of carbonyl (C=O) groups is 6. The summed E-state index contributed by atoms with van der Waals surface area (Å²) >= 11 is 0. The molecule has 0 unspecified atom stereocenters. The zero-order valence-electron chi connectivity index (χ0n) is 29.9. The predicted octanol–water partition coefficient (Wildman–Crippen LogP) is 2.04. The minimum atomic E-state index is -1.10. The van der Waals surface area contributed by atoms with Crippen LogP contribution in [0.3, 0.4) is 0 Å². The molecule has 2 atom stereocenters. The number of carbonyl (C=O) groups excluding carboxylic acids is 6. The van der Waals surface area contributed by atoms with Crippen molar-refractivity contribution in [1.29, 1.82) is 0 Å². The molecule has 16 nitrogen and oxygen atoms in total. The Labute approximate surface area is 303 Å². The standard InChI is InChI=1S/C36H49N7O9/c1-3-4-22-51-36(49)41-20-18-40(19-21-41)35(48)27(15-16-32(45)50-2)38-33(46)28-23-31(43(39-28)26-12-6-5-7-13-26)52-24-30(44)42-17-9-14-29(42)34(47)37-25-10-8-11-25/h5-7,12-13,23,25,27,29H,3-4,8-11,14-22,24H2,1-2H3,(H,37,47)(H,38,46)/t27-,29-/m0/s1. The summed E-state index contributed by atoms with van der Waals surface area (Å²) in [5.41, 5.74) is 0.480. The number of para-hydroxylation sites is 1. The first-order chi connectivity index (χ1) is 25.2. The van der Waals surface area contributed by atoms with E-state index in [1.807, 2.05) is 13.0 Å². The lowest BCUT2D eigenvalue weighted by Crippen LogP contribution is -2.56. The normalized spacial score (nSPS) is 17.9. The summed E-state index contributed by atoms with van der Waals surface area (Å²) in [5.74, 6) is -2.05. The van der Waals surface area contributed by atoms with Gasteiger partial charge in [-0.25, -0.2) is 9.48 Å². The lowest BCUT2D eigenvalue weighted by Gasteiger charge is -2.36. The second kappa shape index (κ2) is 18.4. The SMILES string of the molecule is CCCCOC(=O)N1CCN(C(=O)[C@H](CCC(=O)OC)NC(=O)c2cc(OCC(=O)N3CCC[C@H]3C(=O)NC3CCC3)n(-c3ccccc3)n2)CC1. The van der Waals surface area contributed by atoms with Crippen LogP contribution in [0.25, 0.3) is 5.69 Å². The van der Waals surface area contributed by atoms with Gasteiger partial charge < -0.3 is 39.5 Å². The highest BCUT2D eigenvalue weighted by molar-refractivity contribution is 5.96. The molecule has 2 N–H and O–H groups in total. The molecule has 2 aliphatic heterocycles. The number of aromatic nitrogens is 2. The van der Waals surface area contributed by atoms with Crippen LogP contribution in [0, 0.1) is 0 Å². The van der Waals surface area contributed by atoms with Gasteiger partial charge in [0.05, 0.1) is 19.4 Å². The number of piperazine rings is 1. The topological polar surface area (TPSA) is 182 Å². The molecule has 0 spiro atoms. The number of hydrogen-bond donors (Lipinski definition) is 2. The van der Waals surface area contributed by atoms with Crippen LogP contribution in [0.15, 0.2) is 36.4 Å². The van der Waals surface area contributed by atoms with Crippen molar-refractivity contribution in [2.45, 2.75) is 82.8 Å². The Balaban J connectivity index is 1.26. The average Bonchev–Trinajstić information content (AvgIpc) is 3.82. The Kier molecular flexibility index (Phi) is 13.5. The fraction of sp³-hybridized carbons (Fsp3) is 0.583. The third-order valence-electron chi connectivity index (χ3n) is 9.62. The molecule has 3 fully saturated rings. The van der Waals surface area contributed by atoms with Crippen molar-refractivity contribution in [3.8, 4) is 11.6 Å². The maximum Gasteiger partial charge on any atom is 0.409 e. The van der Waals surface area contributed by atoms with E-state index in [4.69, 9.17) is 14.2 Å².